The molecule has 10 heavy (non-hydrogen) atoms. The number of nitrogens with one attached hydrogen (secondary N) is 1. The van der Waals surface area contributed by atoms with Crippen molar-refractivity contribution in [3.05, 3.63) is 0 Å². The fraction of sp³-hybridized carbons (Fsp3) is 1.00. The Morgan fingerprint density at radius 2 is 2.20 bits per heavy atom. The van der Waals surface area contributed by atoms with Crippen molar-refractivity contribution in [3.63, 3.8) is 0 Å². The van der Waals surface area contributed by atoms with Crippen LogP contribution in [0.1, 0.15) is 20.3 Å². The van der Waals surface area contributed by atoms with Crippen molar-refractivity contribution in [1.29, 1.82) is 0 Å². The first kappa shape index (κ1) is 8.21. The summed E-state index contributed by atoms with van der Waals surface area (Å²) in [6.45, 7) is 5.10. The number of rotatable bonds is 0. The van der Waals surface area contributed by atoms with Crippen LogP contribution >= 0.6 is 0 Å². The minimum atomic E-state index is -0.586. The molecule has 0 aromatic heterocycles. The van der Waals surface area contributed by atoms with Crippen LogP contribution in [-0.4, -0.2) is 27.8 Å². The molecule has 0 aromatic carbocycles. The summed E-state index contributed by atoms with van der Waals surface area (Å²) < 4.78 is 11.2. The summed E-state index contributed by atoms with van der Waals surface area (Å²) in [5, 5.41) is 3.67. The highest BCUT2D eigenvalue weighted by molar-refractivity contribution is 7.85. The molecule has 1 heterocycles. The molecule has 1 rings (SSSR count). The summed E-state index contributed by atoms with van der Waals surface area (Å²) in [6, 6.07) is 0.550. The van der Waals surface area contributed by atoms with Crippen molar-refractivity contribution in [3.8, 4) is 0 Å². The Bertz CT molecular complexity index is 138. The number of hydrogen-bond acceptors (Lipinski definition) is 2. The van der Waals surface area contributed by atoms with Crippen LogP contribution in [0.3, 0.4) is 0 Å². The van der Waals surface area contributed by atoms with E-state index in [1.807, 2.05) is 6.92 Å². The normalized spacial score (nSPS) is 42.8. The summed E-state index contributed by atoms with van der Waals surface area (Å²) in [7, 11) is -0.586. The first-order valence-electron chi connectivity index (χ1n) is 3.80. The van der Waals surface area contributed by atoms with Gasteiger partial charge >= 0.3 is 0 Å². The first-order chi connectivity index (χ1) is 4.70. The molecule has 0 amide bonds. The highest BCUT2D eigenvalue weighted by Crippen LogP contribution is 2.04. The van der Waals surface area contributed by atoms with Gasteiger partial charge in [-0.25, -0.2) is 0 Å². The van der Waals surface area contributed by atoms with Crippen LogP contribution in [0.15, 0.2) is 0 Å². The van der Waals surface area contributed by atoms with Crippen LogP contribution in [0.5, 0.6) is 0 Å². The van der Waals surface area contributed by atoms with Gasteiger partial charge in [0.1, 0.15) is 0 Å². The SMILES string of the molecule is CC1CCS(=O)C(C)CN1. The van der Waals surface area contributed by atoms with Crippen LogP contribution < -0.4 is 5.32 Å². The zero-order chi connectivity index (χ0) is 7.56. The van der Waals surface area contributed by atoms with Gasteiger partial charge in [0.2, 0.25) is 0 Å². The third-order valence-electron chi connectivity index (χ3n) is 1.95. The molecule has 1 saturated heterocycles. The van der Waals surface area contributed by atoms with E-state index >= 15 is 0 Å². The van der Waals surface area contributed by atoms with E-state index in [4.69, 9.17) is 0 Å². The second kappa shape index (κ2) is 3.49. The molecule has 60 valence electrons. The van der Waals surface area contributed by atoms with Gasteiger partial charge in [0, 0.05) is 34.4 Å². The molecule has 1 aliphatic rings. The fourth-order valence-corrected chi connectivity index (χ4v) is 2.33. The van der Waals surface area contributed by atoms with Gasteiger partial charge in [-0.1, -0.05) is 0 Å². The molecule has 1 N–H and O–H groups in total. The minimum absolute atomic E-state index is 0.338. The maximum atomic E-state index is 11.2. The highest BCUT2D eigenvalue weighted by Gasteiger charge is 2.16. The third-order valence-corrected chi connectivity index (χ3v) is 3.66. The molecular formula is C7H15NOS. The van der Waals surface area contributed by atoms with E-state index < -0.39 is 10.8 Å². The standard InChI is InChI=1S/C7H15NOS/c1-6-3-4-10(9)7(2)5-8-6/h6-8H,3-5H2,1-2H3. The Balaban J connectivity index is 2.46. The molecule has 0 aliphatic carbocycles. The molecular weight excluding hydrogens is 146 g/mol. The Kier molecular flexibility index (Phi) is 2.86. The average molecular weight is 161 g/mol. The Hall–Kier alpha value is 0.110. The van der Waals surface area contributed by atoms with Crippen molar-refractivity contribution in [1.82, 2.24) is 5.32 Å². The van der Waals surface area contributed by atoms with E-state index in [0.29, 0.717) is 11.3 Å². The molecule has 1 aliphatic heterocycles. The lowest BCUT2D eigenvalue weighted by Crippen LogP contribution is -2.29. The first-order valence-corrected chi connectivity index (χ1v) is 5.19. The summed E-state index contributed by atoms with van der Waals surface area (Å²) >= 11 is 0. The molecule has 1 fully saturated rings. The topological polar surface area (TPSA) is 29.1 Å². The summed E-state index contributed by atoms with van der Waals surface area (Å²) in [5.74, 6) is 0.870. The molecule has 2 nitrogen and oxygen atoms in total. The van der Waals surface area contributed by atoms with Gasteiger partial charge in [0.05, 0.1) is 0 Å². The van der Waals surface area contributed by atoms with Gasteiger partial charge in [-0.2, -0.15) is 0 Å². The second-order valence-electron chi connectivity index (χ2n) is 2.99. The van der Waals surface area contributed by atoms with E-state index in [2.05, 4.69) is 12.2 Å². The Labute approximate surface area is 64.8 Å². The van der Waals surface area contributed by atoms with Gasteiger partial charge in [-0.15, -0.1) is 0 Å². The van der Waals surface area contributed by atoms with Gasteiger partial charge in [-0.3, -0.25) is 4.21 Å². The average Bonchev–Trinajstić information content (AvgIpc) is 2.04. The zero-order valence-corrected chi connectivity index (χ0v) is 7.41. The molecule has 0 aromatic rings. The van der Waals surface area contributed by atoms with Crippen LogP contribution in [0.4, 0.5) is 0 Å². The van der Waals surface area contributed by atoms with Gasteiger partial charge in [0.25, 0.3) is 0 Å². The predicted molar refractivity (Wildman–Crippen MR) is 44.6 cm³/mol. The lowest BCUT2D eigenvalue weighted by atomic mass is 10.2. The summed E-state index contributed by atoms with van der Waals surface area (Å²) in [5.41, 5.74) is 0. The molecule has 0 radical (unpaired) electrons. The minimum Gasteiger partial charge on any atom is -0.313 e. The van der Waals surface area contributed by atoms with E-state index in [-0.39, 0.29) is 0 Å². The van der Waals surface area contributed by atoms with E-state index in [1.165, 1.54) is 0 Å². The van der Waals surface area contributed by atoms with E-state index in [0.717, 1.165) is 18.7 Å². The van der Waals surface area contributed by atoms with E-state index in [9.17, 15) is 4.21 Å². The quantitative estimate of drug-likeness (QED) is 0.561. The van der Waals surface area contributed by atoms with Crippen LogP contribution in [-0.2, 0) is 10.8 Å². The molecule has 0 bridgehead atoms. The molecule has 3 heteroatoms. The van der Waals surface area contributed by atoms with Crippen LogP contribution in [0.2, 0.25) is 0 Å². The molecule has 0 spiro atoms. The van der Waals surface area contributed by atoms with Crippen molar-refractivity contribution >= 4 is 10.8 Å². The van der Waals surface area contributed by atoms with Crippen molar-refractivity contribution in [2.75, 3.05) is 12.3 Å². The predicted octanol–water partition coefficient (Wildman–Crippen LogP) is 0.505. The van der Waals surface area contributed by atoms with Gasteiger partial charge < -0.3 is 5.32 Å². The molecule has 3 atom stereocenters. The maximum Gasteiger partial charge on any atom is 0.0444 e. The lowest BCUT2D eigenvalue weighted by Gasteiger charge is -2.08. The van der Waals surface area contributed by atoms with Gasteiger partial charge in [0.15, 0.2) is 0 Å². The van der Waals surface area contributed by atoms with Crippen molar-refractivity contribution in [2.45, 2.75) is 31.6 Å². The Morgan fingerprint density at radius 1 is 1.50 bits per heavy atom. The lowest BCUT2D eigenvalue weighted by molar-refractivity contribution is 0.551. The second-order valence-corrected chi connectivity index (χ2v) is 4.97. The largest absolute Gasteiger partial charge is 0.313 e. The Morgan fingerprint density at radius 3 is 2.90 bits per heavy atom. The zero-order valence-electron chi connectivity index (χ0n) is 6.59. The van der Waals surface area contributed by atoms with Gasteiger partial charge in [-0.05, 0) is 20.3 Å². The smallest absolute Gasteiger partial charge is 0.0444 e. The van der Waals surface area contributed by atoms with Crippen LogP contribution in [0, 0.1) is 0 Å². The fourth-order valence-electron chi connectivity index (χ4n) is 1.06. The van der Waals surface area contributed by atoms with Crippen molar-refractivity contribution in [2.24, 2.45) is 0 Å². The molecule has 3 unspecified atom stereocenters. The third kappa shape index (κ3) is 2.06. The number of hydrogen-bond donors (Lipinski definition) is 1. The van der Waals surface area contributed by atoms with Crippen LogP contribution in [0.25, 0.3) is 0 Å². The van der Waals surface area contributed by atoms with E-state index in [1.54, 1.807) is 0 Å². The maximum absolute atomic E-state index is 11.2. The summed E-state index contributed by atoms with van der Waals surface area (Å²) in [6.07, 6.45) is 1.05. The summed E-state index contributed by atoms with van der Waals surface area (Å²) in [4.78, 5) is 0. The molecule has 0 saturated carbocycles. The monoisotopic (exact) mass is 161 g/mol. The highest BCUT2D eigenvalue weighted by atomic mass is 32.2. The van der Waals surface area contributed by atoms with Crippen molar-refractivity contribution < 1.29 is 4.21 Å².